The molecule has 1 N–H and O–H groups in total. The largest absolute Gasteiger partial charge is 0.454 e. The number of rotatable bonds is 9. The van der Waals surface area contributed by atoms with Crippen LogP contribution in [0.5, 0.6) is 0 Å². The number of benzene rings is 1. The molecular formula is C18H22N2O5S. The minimum absolute atomic E-state index is 0.266. The van der Waals surface area contributed by atoms with Crippen molar-refractivity contribution in [2.24, 2.45) is 0 Å². The zero-order valence-corrected chi connectivity index (χ0v) is 15.6. The van der Waals surface area contributed by atoms with Crippen LogP contribution < -0.4 is 5.32 Å². The summed E-state index contributed by atoms with van der Waals surface area (Å²) in [7, 11) is 0. The number of hydrogen-bond donors (Lipinski definition) is 1. The maximum absolute atomic E-state index is 12.6. The fraction of sp³-hybridized carbons (Fsp3) is 0.444. The summed E-state index contributed by atoms with van der Waals surface area (Å²) in [4.78, 5) is 50.3. The van der Waals surface area contributed by atoms with E-state index < -0.39 is 36.3 Å². The SMILES string of the molecule is CCCNC(=O)COC(=O)[C@H](CCSC)N1C(=O)c2ccccc2C1=O. The van der Waals surface area contributed by atoms with Crippen LogP contribution in [0.1, 0.15) is 40.5 Å². The molecule has 1 atom stereocenters. The molecule has 2 rings (SSSR count). The Bertz CT molecular complexity index is 672. The lowest BCUT2D eigenvalue weighted by Gasteiger charge is -2.24. The molecule has 1 aromatic rings. The van der Waals surface area contributed by atoms with Crippen molar-refractivity contribution in [2.75, 3.05) is 25.2 Å². The molecule has 0 aromatic heterocycles. The van der Waals surface area contributed by atoms with Gasteiger partial charge in [0, 0.05) is 6.54 Å². The van der Waals surface area contributed by atoms with Gasteiger partial charge in [0.25, 0.3) is 17.7 Å². The molecule has 0 bridgehead atoms. The highest BCUT2D eigenvalue weighted by Gasteiger charge is 2.43. The fourth-order valence-corrected chi connectivity index (χ4v) is 3.08. The predicted molar refractivity (Wildman–Crippen MR) is 98.0 cm³/mol. The van der Waals surface area contributed by atoms with E-state index in [0.717, 1.165) is 11.3 Å². The summed E-state index contributed by atoms with van der Waals surface area (Å²) >= 11 is 1.49. The number of esters is 1. The van der Waals surface area contributed by atoms with Gasteiger partial charge in [-0.2, -0.15) is 11.8 Å². The molecule has 1 aromatic carbocycles. The average Bonchev–Trinajstić information content (AvgIpc) is 2.90. The molecule has 0 spiro atoms. The summed E-state index contributed by atoms with van der Waals surface area (Å²) < 4.78 is 5.06. The molecule has 0 fully saturated rings. The van der Waals surface area contributed by atoms with E-state index in [4.69, 9.17) is 4.74 Å². The van der Waals surface area contributed by atoms with Gasteiger partial charge in [-0.1, -0.05) is 19.1 Å². The van der Waals surface area contributed by atoms with Crippen molar-refractivity contribution in [2.45, 2.75) is 25.8 Å². The van der Waals surface area contributed by atoms with Crippen molar-refractivity contribution in [1.29, 1.82) is 0 Å². The lowest BCUT2D eigenvalue weighted by atomic mass is 10.1. The van der Waals surface area contributed by atoms with Crippen LogP contribution in [-0.4, -0.2) is 59.8 Å². The summed E-state index contributed by atoms with van der Waals surface area (Å²) in [5.41, 5.74) is 0.556. The van der Waals surface area contributed by atoms with Crippen molar-refractivity contribution < 1.29 is 23.9 Å². The standard InChI is InChI=1S/C18H22N2O5S/c1-3-9-19-15(21)11-25-18(24)14(8-10-26-2)20-16(22)12-6-4-5-7-13(12)17(20)23/h4-7,14H,3,8-11H2,1-2H3,(H,19,21)/t14-/m0/s1. The summed E-state index contributed by atoms with van der Waals surface area (Å²) in [6.07, 6.45) is 2.90. The van der Waals surface area contributed by atoms with Crippen LogP contribution in [0.25, 0.3) is 0 Å². The summed E-state index contributed by atoms with van der Waals surface area (Å²) in [5.74, 6) is -1.62. The number of carbonyl (C=O) groups excluding carboxylic acids is 4. The third-order valence-corrected chi connectivity index (χ3v) is 4.57. The van der Waals surface area contributed by atoms with Crippen molar-refractivity contribution in [1.82, 2.24) is 10.2 Å². The van der Waals surface area contributed by atoms with E-state index in [1.54, 1.807) is 24.3 Å². The Labute approximate surface area is 156 Å². The number of carbonyl (C=O) groups is 4. The minimum atomic E-state index is -1.05. The summed E-state index contributed by atoms with van der Waals surface area (Å²) in [6, 6.07) is 5.41. The molecule has 7 nitrogen and oxygen atoms in total. The molecule has 3 amide bonds. The van der Waals surface area contributed by atoms with E-state index in [-0.39, 0.29) is 17.5 Å². The summed E-state index contributed by atoms with van der Waals surface area (Å²) in [6.45, 7) is 1.97. The van der Waals surface area contributed by atoms with Gasteiger partial charge in [0.15, 0.2) is 6.61 Å². The first-order valence-electron chi connectivity index (χ1n) is 8.40. The number of hydrogen-bond acceptors (Lipinski definition) is 6. The predicted octanol–water partition coefficient (Wildman–Crippen LogP) is 1.47. The molecule has 0 saturated heterocycles. The molecule has 1 aliphatic heterocycles. The number of nitrogens with one attached hydrogen (secondary N) is 1. The van der Waals surface area contributed by atoms with Crippen LogP contribution in [0.2, 0.25) is 0 Å². The first-order chi connectivity index (χ1) is 12.5. The minimum Gasteiger partial charge on any atom is -0.454 e. The highest BCUT2D eigenvalue weighted by atomic mass is 32.2. The summed E-state index contributed by atoms with van der Waals surface area (Å²) in [5, 5.41) is 2.60. The molecule has 26 heavy (non-hydrogen) atoms. The van der Waals surface area contributed by atoms with Gasteiger partial charge in [0.2, 0.25) is 0 Å². The average molecular weight is 378 g/mol. The van der Waals surface area contributed by atoms with Gasteiger partial charge in [-0.3, -0.25) is 19.3 Å². The first kappa shape index (κ1) is 20.0. The Morgan fingerprint density at radius 3 is 2.35 bits per heavy atom. The maximum Gasteiger partial charge on any atom is 0.329 e. The quantitative estimate of drug-likeness (QED) is 0.517. The lowest BCUT2D eigenvalue weighted by Crippen LogP contribution is -2.46. The molecular weight excluding hydrogens is 356 g/mol. The topological polar surface area (TPSA) is 92.8 Å². The molecule has 0 aliphatic carbocycles. The van der Waals surface area contributed by atoms with Crippen LogP contribution in [0.15, 0.2) is 24.3 Å². The van der Waals surface area contributed by atoms with Gasteiger partial charge in [0.05, 0.1) is 11.1 Å². The van der Waals surface area contributed by atoms with Crippen molar-refractivity contribution in [3.05, 3.63) is 35.4 Å². The van der Waals surface area contributed by atoms with Gasteiger partial charge in [-0.15, -0.1) is 0 Å². The number of amides is 3. The molecule has 8 heteroatoms. The highest BCUT2D eigenvalue weighted by molar-refractivity contribution is 7.98. The highest BCUT2D eigenvalue weighted by Crippen LogP contribution is 2.26. The second-order valence-corrected chi connectivity index (χ2v) is 6.77. The molecule has 0 radical (unpaired) electrons. The van der Waals surface area contributed by atoms with Crippen LogP contribution in [0, 0.1) is 0 Å². The van der Waals surface area contributed by atoms with Gasteiger partial charge in [-0.25, -0.2) is 4.79 Å². The maximum atomic E-state index is 12.6. The van der Waals surface area contributed by atoms with Crippen LogP contribution in [-0.2, 0) is 14.3 Å². The van der Waals surface area contributed by atoms with Crippen molar-refractivity contribution in [3.63, 3.8) is 0 Å². The third kappa shape index (κ3) is 4.43. The Balaban J connectivity index is 2.12. The van der Waals surface area contributed by atoms with Gasteiger partial charge in [0.1, 0.15) is 6.04 Å². The number of imide groups is 1. The smallest absolute Gasteiger partial charge is 0.329 e. The molecule has 0 saturated carbocycles. The fourth-order valence-electron chi connectivity index (χ4n) is 2.62. The van der Waals surface area contributed by atoms with Crippen molar-refractivity contribution in [3.8, 4) is 0 Å². The second kappa shape index (κ2) is 9.38. The Morgan fingerprint density at radius 2 is 1.81 bits per heavy atom. The van der Waals surface area contributed by atoms with Crippen LogP contribution in [0.3, 0.4) is 0 Å². The van der Waals surface area contributed by atoms with Gasteiger partial charge in [-0.05, 0) is 37.0 Å². The van der Waals surface area contributed by atoms with Crippen molar-refractivity contribution >= 4 is 35.5 Å². The first-order valence-corrected chi connectivity index (χ1v) is 9.79. The van der Waals surface area contributed by atoms with E-state index in [1.165, 1.54) is 11.8 Å². The van der Waals surface area contributed by atoms with Gasteiger partial charge < -0.3 is 10.1 Å². The van der Waals surface area contributed by atoms with Gasteiger partial charge >= 0.3 is 5.97 Å². The van der Waals surface area contributed by atoms with Crippen LogP contribution >= 0.6 is 11.8 Å². The zero-order chi connectivity index (χ0) is 19.1. The van der Waals surface area contributed by atoms with Crippen LogP contribution in [0.4, 0.5) is 0 Å². The number of nitrogens with zero attached hydrogens (tertiary/aromatic N) is 1. The molecule has 1 aliphatic rings. The Morgan fingerprint density at radius 1 is 1.19 bits per heavy atom. The second-order valence-electron chi connectivity index (χ2n) is 5.78. The molecule has 140 valence electrons. The monoisotopic (exact) mass is 378 g/mol. The zero-order valence-electron chi connectivity index (χ0n) is 14.8. The van der Waals surface area contributed by atoms with E-state index in [9.17, 15) is 19.2 Å². The van der Waals surface area contributed by atoms with E-state index >= 15 is 0 Å². The Hall–Kier alpha value is -2.35. The molecule has 1 heterocycles. The third-order valence-electron chi connectivity index (χ3n) is 3.92. The number of thioether (sulfide) groups is 1. The number of fused-ring (bicyclic) bond motifs is 1. The Kier molecular flexibility index (Phi) is 7.20. The number of ether oxygens (including phenoxy) is 1. The van der Waals surface area contributed by atoms with E-state index in [2.05, 4.69) is 5.32 Å². The van der Waals surface area contributed by atoms with E-state index in [1.807, 2.05) is 13.2 Å². The normalized spacial score (nSPS) is 14.2. The van der Waals surface area contributed by atoms with E-state index in [0.29, 0.717) is 12.3 Å². The lowest BCUT2D eigenvalue weighted by molar-refractivity contribution is -0.152. The molecule has 0 unspecified atom stereocenters.